The molecule has 0 radical (unpaired) electrons. The van der Waals surface area contributed by atoms with Crippen molar-refractivity contribution in [2.24, 2.45) is 0 Å². The predicted octanol–water partition coefficient (Wildman–Crippen LogP) is 18.8. The number of ether oxygens (including phenoxy) is 4. The SMILES string of the molecule is CC/C=C\C/C=C\C/C=C\C/C=C\C/C=C\C/C=C\C/C=C\C/C=C\C/C=C\CCCCCCCCCCCCCCCC(=O)NC(COC1OC(CO)C(OC2OC(CO)C(O)C(O)C2O)C(O)C1O)C(O)/C=C/CCCCCCCCCCCCCCCCCCCCCCCCC. The average Bonchev–Trinajstić information content (AvgIpc) is 0.791. The molecule has 100 heavy (non-hydrogen) atoms. The summed E-state index contributed by atoms with van der Waals surface area (Å²) >= 11 is 0. The number of allylic oxidation sites excluding steroid dienone is 19. The lowest BCUT2D eigenvalue weighted by atomic mass is 9.97. The first kappa shape index (κ1) is 92.5. The topological polar surface area (TPSA) is 228 Å². The lowest BCUT2D eigenvalue weighted by Crippen LogP contribution is -2.65. The average molecular weight is 1410 g/mol. The van der Waals surface area contributed by atoms with E-state index >= 15 is 0 Å². The molecule has 0 spiro atoms. The summed E-state index contributed by atoms with van der Waals surface area (Å²) in [5.41, 5.74) is 0. The second-order valence-electron chi connectivity index (χ2n) is 28.2. The van der Waals surface area contributed by atoms with E-state index in [9.17, 15) is 45.6 Å². The number of aliphatic hydroxyl groups is 8. The largest absolute Gasteiger partial charge is 0.394 e. The van der Waals surface area contributed by atoms with Crippen LogP contribution >= 0.6 is 0 Å². The van der Waals surface area contributed by atoms with Gasteiger partial charge in [-0.3, -0.25) is 4.79 Å². The Balaban J connectivity index is 1.61. The lowest BCUT2D eigenvalue weighted by Gasteiger charge is -2.46. The first-order valence-corrected chi connectivity index (χ1v) is 40.8. The maximum absolute atomic E-state index is 13.4. The second kappa shape index (κ2) is 68.5. The Hall–Kier alpha value is -3.61. The van der Waals surface area contributed by atoms with Crippen molar-refractivity contribution in [3.05, 3.63) is 122 Å². The van der Waals surface area contributed by atoms with Gasteiger partial charge in [0.1, 0.15) is 48.8 Å². The third kappa shape index (κ3) is 50.7. The van der Waals surface area contributed by atoms with Gasteiger partial charge in [-0.15, -0.1) is 0 Å². The van der Waals surface area contributed by atoms with Crippen molar-refractivity contribution < 1.29 is 64.6 Å². The minimum Gasteiger partial charge on any atom is -0.394 e. The van der Waals surface area contributed by atoms with Gasteiger partial charge in [-0.05, 0) is 89.9 Å². The van der Waals surface area contributed by atoms with Crippen molar-refractivity contribution in [3.8, 4) is 0 Å². The highest BCUT2D eigenvalue weighted by Crippen LogP contribution is 2.30. The van der Waals surface area contributed by atoms with Crippen molar-refractivity contribution in [1.29, 1.82) is 0 Å². The van der Waals surface area contributed by atoms with Gasteiger partial charge in [-0.25, -0.2) is 0 Å². The van der Waals surface area contributed by atoms with Gasteiger partial charge >= 0.3 is 0 Å². The van der Waals surface area contributed by atoms with Gasteiger partial charge in [0.05, 0.1) is 32.0 Å². The van der Waals surface area contributed by atoms with E-state index in [2.05, 4.69) is 129 Å². The molecule has 576 valence electrons. The lowest BCUT2D eigenvalue weighted by molar-refractivity contribution is -0.359. The molecule has 2 saturated heterocycles. The quantitative estimate of drug-likeness (QED) is 0.0204. The second-order valence-corrected chi connectivity index (χ2v) is 28.2. The highest BCUT2D eigenvalue weighted by atomic mass is 16.7. The fraction of sp³-hybridized carbons (Fsp3) is 0.756. The first-order valence-electron chi connectivity index (χ1n) is 40.8. The van der Waals surface area contributed by atoms with E-state index in [1.807, 2.05) is 6.08 Å². The van der Waals surface area contributed by atoms with Crippen molar-refractivity contribution in [2.45, 2.75) is 396 Å². The van der Waals surface area contributed by atoms with Gasteiger partial charge in [-0.1, -0.05) is 347 Å². The molecule has 14 heteroatoms. The van der Waals surface area contributed by atoms with Crippen LogP contribution in [0.5, 0.6) is 0 Å². The van der Waals surface area contributed by atoms with E-state index in [-0.39, 0.29) is 18.9 Å². The number of aliphatic hydroxyl groups excluding tert-OH is 8. The number of unbranched alkanes of at least 4 members (excludes halogenated alkanes) is 36. The monoisotopic (exact) mass is 1400 g/mol. The van der Waals surface area contributed by atoms with Crippen LogP contribution < -0.4 is 5.32 Å². The molecule has 2 rings (SSSR count). The van der Waals surface area contributed by atoms with Gasteiger partial charge in [-0.2, -0.15) is 0 Å². The number of hydrogen-bond acceptors (Lipinski definition) is 13. The molecule has 12 unspecified atom stereocenters. The highest BCUT2D eigenvalue weighted by molar-refractivity contribution is 5.76. The van der Waals surface area contributed by atoms with Crippen LogP contribution in [-0.4, -0.2) is 140 Å². The molecule has 2 aliphatic heterocycles. The summed E-state index contributed by atoms with van der Waals surface area (Å²) in [5.74, 6) is -0.241. The zero-order chi connectivity index (χ0) is 72.2. The third-order valence-electron chi connectivity index (χ3n) is 19.2. The summed E-state index contributed by atoms with van der Waals surface area (Å²) in [6.07, 6.45) is 84.1. The Morgan fingerprint density at radius 2 is 0.690 bits per heavy atom. The van der Waals surface area contributed by atoms with E-state index in [4.69, 9.17) is 18.9 Å². The fourth-order valence-electron chi connectivity index (χ4n) is 12.8. The molecular formula is C86H149NO13. The Labute approximate surface area is 609 Å². The molecule has 0 aromatic carbocycles. The van der Waals surface area contributed by atoms with Gasteiger partial charge in [0, 0.05) is 6.42 Å². The maximum Gasteiger partial charge on any atom is 0.220 e. The molecule has 0 bridgehead atoms. The molecule has 12 atom stereocenters. The van der Waals surface area contributed by atoms with Crippen molar-refractivity contribution in [2.75, 3.05) is 19.8 Å². The Morgan fingerprint density at radius 1 is 0.370 bits per heavy atom. The number of amides is 1. The normalized spacial score (nSPS) is 22.5. The molecule has 2 aliphatic rings. The Morgan fingerprint density at radius 3 is 1.06 bits per heavy atom. The fourth-order valence-corrected chi connectivity index (χ4v) is 12.8. The Bertz CT molecular complexity index is 2150. The Kier molecular flexibility index (Phi) is 63.3. The van der Waals surface area contributed by atoms with Gasteiger partial charge in [0.15, 0.2) is 12.6 Å². The van der Waals surface area contributed by atoms with Crippen LogP contribution in [0, 0.1) is 0 Å². The zero-order valence-corrected chi connectivity index (χ0v) is 63.2. The first-order chi connectivity index (χ1) is 49.1. The zero-order valence-electron chi connectivity index (χ0n) is 63.2. The van der Waals surface area contributed by atoms with Crippen LogP contribution in [0.4, 0.5) is 0 Å². The molecule has 1 amide bonds. The van der Waals surface area contributed by atoms with E-state index in [1.165, 1.54) is 193 Å². The van der Waals surface area contributed by atoms with E-state index in [1.54, 1.807) is 6.08 Å². The summed E-state index contributed by atoms with van der Waals surface area (Å²) in [6.45, 7) is 2.72. The van der Waals surface area contributed by atoms with Crippen LogP contribution in [0.2, 0.25) is 0 Å². The smallest absolute Gasteiger partial charge is 0.220 e. The van der Waals surface area contributed by atoms with Crippen molar-refractivity contribution >= 4 is 5.91 Å². The molecule has 0 aromatic rings. The highest BCUT2D eigenvalue weighted by Gasteiger charge is 2.51. The predicted molar refractivity (Wildman–Crippen MR) is 415 cm³/mol. The summed E-state index contributed by atoms with van der Waals surface area (Å²) in [6, 6.07) is -0.924. The van der Waals surface area contributed by atoms with Crippen LogP contribution in [0.15, 0.2) is 122 Å². The van der Waals surface area contributed by atoms with Gasteiger partial charge in [0.25, 0.3) is 0 Å². The molecule has 0 aliphatic carbocycles. The van der Waals surface area contributed by atoms with E-state index < -0.39 is 86.8 Å². The molecule has 2 heterocycles. The van der Waals surface area contributed by atoms with E-state index in [0.29, 0.717) is 6.42 Å². The number of carbonyl (C=O) groups is 1. The molecule has 0 aromatic heterocycles. The molecule has 0 saturated carbocycles. The maximum atomic E-state index is 13.4. The third-order valence-corrected chi connectivity index (χ3v) is 19.2. The van der Waals surface area contributed by atoms with Gasteiger partial charge in [0.2, 0.25) is 5.91 Å². The van der Waals surface area contributed by atoms with Crippen molar-refractivity contribution in [3.63, 3.8) is 0 Å². The van der Waals surface area contributed by atoms with Crippen LogP contribution in [0.3, 0.4) is 0 Å². The molecular weight excluding hydrogens is 1250 g/mol. The molecule has 14 nitrogen and oxygen atoms in total. The van der Waals surface area contributed by atoms with Crippen LogP contribution in [0.25, 0.3) is 0 Å². The molecule has 9 N–H and O–H groups in total. The van der Waals surface area contributed by atoms with Gasteiger partial charge < -0.3 is 65.1 Å². The summed E-state index contributed by atoms with van der Waals surface area (Å²) < 4.78 is 22.9. The number of carbonyl (C=O) groups excluding carboxylic acids is 1. The number of nitrogens with one attached hydrogen (secondary N) is 1. The standard InChI is InChI=1S/C86H149NO13/c1-3-5-7-9-11-13-15-17-19-21-23-25-27-29-30-31-32-33-34-35-36-37-38-39-40-41-42-43-44-46-48-50-52-54-56-58-60-62-64-66-68-70-78(91)87-74(73-97-85-83(96)81(94)84(77(72-89)99-85)100-86-82(95)80(93)79(92)76(71-88)98-86)75(90)69-67-65-63-61-59-57-55-53-51-49-47-45-28-26-24-22-20-18-16-14-12-10-8-6-4-2/h5,7,11,13,17,19,23,25,29-30,32-33,35-36,38-39,41-42,67,69,74-77,79-86,88-90,92-96H,3-4,6,8-10,12,14-16,18,20-22,24,26-28,31,34,37,40,43-66,68,70-73H2,1-2H3,(H,87,91)/b7-5-,13-11-,19-17-,25-23-,30-29-,33-32-,36-35-,39-38-,42-41-,69-67+. The summed E-state index contributed by atoms with van der Waals surface area (Å²) in [5, 5.41) is 87.7. The van der Waals surface area contributed by atoms with Crippen LogP contribution in [0.1, 0.15) is 322 Å². The molecule has 2 fully saturated rings. The number of rotatable bonds is 67. The van der Waals surface area contributed by atoms with Crippen molar-refractivity contribution in [1.82, 2.24) is 5.32 Å². The summed E-state index contributed by atoms with van der Waals surface area (Å²) in [4.78, 5) is 13.4. The van der Waals surface area contributed by atoms with E-state index in [0.717, 1.165) is 103 Å². The minimum absolute atomic E-state index is 0.241. The minimum atomic E-state index is -1.79. The summed E-state index contributed by atoms with van der Waals surface area (Å²) in [7, 11) is 0. The van der Waals surface area contributed by atoms with Crippen LogP contribution in [-0.2, 0) is 23.7 Å². The number of hydrogen-bond donors (Lipinski definition) is 9.